The van der Waals surface area contributed by atoms with Crippen LogP contribution in [0.2, 0.25) is 5.02 Å². The number of nitro groups is 1. The lowest BCUT2D eigenvalue weighted by atomic mass is 10.1. The highest BCUT2D eigenvalue weighted by molar-refractivity contribution is 7.92. The number of carbonyl (C=O) groups excluding carboxylic acids is 2. The minimum atomic E-state index is -3.98. The van der Waals surface area contributed by atoms with Crippen molar-refractivity contribution in [3.63, 3.8) is 0 Å². The summed E-state index contributed by atoms with van der Waals surface area (Å²) in [6, 6.07) is 24.4. The molecule has 208 valence electrons. The molecular formula is C29H22ClN3O7S. The molecule has 4 aromatic rings. The van der Waals surface area contributed by atoms with Crippen molar-refractivity contribution >= 4 is 50.6 Å². The zero-order valence-corrected chi connectivity index (χ0v) is 22.8. The SMILES string of the molecule is O=C(OC(C(=O)Nc1ccc([N+](=O)[O-])cc1Cl)c1ccccc1)c1cccc(S(=O)(=O)N2CCc3ccccc32)c1. The first-order chi connectivity index (χ1) is 19.6. The molecule has 5 rings (SSSR count). The van der Waals surface area contributed by atoms with Crippen LogP contribution < -0.4 is 9.62 Å². The van der Waals surface area contributed by atoms with E-state index in [-0.39, 0.29) is 33.4 Å². The predicted molar refractivity (Wildman–Crippen MR) is 152 cm³/mol. The summed E-state index contributed by atoms with van der Waals surface area (Å²) in [4.78, 5) is 36.8. The summed E-state index contributed by atoms with van der Waals surface area (Å²) in [5.41, 5.74) is 1.60. The Labute approximate surface area is 240 Å². The zero-order valence-electron chi connectivity index (χ0n) is 21.3. The average molecular weight is 592 g/mol. The van der Waals surface area contributed by atoms with Crippen LogP contribution in [0.15, 0.2) is 102 Å². The third kappa shape index (κ3) is 5.76. The standard InChI is InChI=1S/C29H22ClN3O7S/c30-24-18-22(33(36)37)13-14-25(24)31-28(34)27(20-8-2-1-3-9-20)40-29(35)21-10-6-11-23(17-21)41(38,39)32-16-15-19-7-4-5-12-26(19)32/h1-14,17-18,27H,15-16H2,(H,31,34). The molecule has 4 aromatic carbocycles. The maximum absolute atomic E-state index is 13.5. The second-order valence-corrected chi connectivity index (χ2v) is 11.4. The number of nitro benzene ring substituents is 1. The molecule has 1 amide bonds. The van der Waals surface area contributed by atoms with Gasteiger partial charge in [0.15, 0.2) is 0 Å². The molecule has 0 aliphatic carbocycles. The molecular weight excluding hydrogens is 570 g/mol. The minimum Gasteiger partial charge on any atom is -0.444 e. The van der Waals surface area contributed by atoms with Gasteiger partial charge in [-0.3, -0.25) is 19.2 Å². The third-order valence-electron chi connectivity index (χ3n) is 6.49. The molecule has 0 saturated carbocycles. The quantitative estimate of drug-likeness (QED) is 0.161. The van der Waals surface area contributed by atoms with Gasteiger partial charge >= 0.3 is 5.97 Å². The van der Waals surface area contributed by atoms with Crippen LogP contribution in [-0.2, 0) is 26.0 Å². The van der Waals surface area contributed by atoms with Crippen molar-refractivity contribution in [2.75, 3.05) is 16.2 Å². The number of rotatable bonds is 8. The van der Waals surface area contributed by atoms with Gasteiger partial charge in [0.25, 0.3) is 21.6 Å². The molecule has 0 fully saturated rings. The molecule has 1 heterocycles. The highest BCUT2D eigenvalue weighted by Gasteiger charge is 2.32. The Hall–Kier alpha value is -4.74. The molecule has 12 heteroatoms. The van der Waals surface area contributed by atoms with E-state index in [2.05, 4.69) is 5.32 Å². The average Bonchev–Trinajstić information content (AvgIpc) is 3.42. The van der Waals surface area contributed by atoms with E-state index in [1.54, 1.807) is 42.5 Å². The fraction of sp³-hybridized carbons (Fsp3) is 0.103. The van der Waals surface area contributed by atoms with E-state index in [1.165, 1.54) is 40.7 Å². The van der Waals surface area contributed by atoms with Crippen molar-refractivity contribution in [1.29, 1.82) is 0 Å². The number of carbonyl (C=O) groups is 2. The molecule has 0 saturated heterocycles. The molecule has 0 aromatic heterocycles. The maximum atomic E-state index is 13.5. The lowest BCUT2D eigenvalue weighted by Gasteiger charge is -2.20. The van der Waals surface area contributed by atoms with Crippen LogP contribution in [0.5, 0.6) is 0 Å². The van der Waals surface area contributed by atoms with Crippen LogP contribution in [0.4, 0.5) is 17.1 Å². The van der Waals surface area contributed by atoms with E-state index in [0.717, 1.165) is 11.6 Å². The maximum Gasteiger partial charge on any atom is 0.339 e. The van der Waals surface area contributed by atoms with Crippen LogP contribution in [0, 0.1) is 10.1 Å². The highest BCUT2D eigenvalue weighted by Crippen LogP contribution is 2.33. The van der Waals surface area contributed by atoms with Gasteiger partial charge < -0.3 is 10.1 Å². The molecule has 1 aliphatic heterocycles. The Morgan fingerprint density at radius 1 is 0.951 bits per heavy atom. The number of hydrogen-bond acceptors (Lipinski definition) is 7. The van der Waals surface area contributed by atoms with Gasteiger partial charge in [-0.2, -0.15) is 0 Å². The van der Waals surface area contributed by atoms with Gasteiger partial charge in [0.2, 0.25) is 6.10 Å². The first kappa shape index (κ1) is 27.8. The monoisotopic (exact) mass is 591 g/mol. The number of nitrogens with one attached hydrogen (secondary N) is 1. The first-order valence-electron chi connectivity index (χ1n) is 12.4. The number of ether oxygens (including phenoxy) is 1. The van der Waals surface area contributed by atoms with Crippen molar-refractivity contribution in [3.8, 4) is 0 Å². The molecule has 0 spiro atoms. The van der Waals surface area contributed by atoms with E-state index < -0.39 is 32.9 Å². The van der Waals surface area contributed by atoms with Crippen molar-refractivity contribution in [2.24, 2.45) is 0 Å². The van der Waals surface area contributed by atoms with Gasteiger partial charge in [-0.25, -0.2) is 13.2 Å². The summed E-state index contributed by atoms with van der Waals surface area (Å²) >= 11 is 6.13. The van der Waals surface area contributed by atoms with E-state index in [0.29, 0.717) is 17.7 Å². The van der Waals surface area contributed by atoms with Crippen molar-refractivity contribution in [1.82, 2.24) is 0 Å². The van der Waals surface area contributed by atoms with E-state index in [4.69, 9.17) is 16.3 Å². The normalized spacial score (nSPS) is 13.2. The second kappa shape index (κ2) is 11.4. The second-order valence-electron chi connectivity index (χ2n) is 9.09. The number of hydrogen-bond donors (Lipinski definition) is 1. The number of non-ortho nitro benzene ring substituents is 1. The van der Waals surface area contributed by atoms with Gasteiger partial charge in [-0.05, 0) is 42.3 Å². The molecule has 1 atom stereocenters. The minimum absolute atomic E-state index is 0.0688. The third-order valence-corrected chi connectivity index (χ3v) is 8.61. The smallest absolute Gasteiger partial charge is 0.339 e. The Morgan fingerprint density at radius 3 is 2.41 bits per heavy atom. The lowest BCUT2D eigenvalue weighted by Crippen LogP contribution is -2.29. The number of sulfonamides is 1. The number of halogens is 1. The summed E-state index contributed by atoms with van der Waals surface area (Å²) < 4.78 is 33.9. The Bertz CT molecular complexity index is 1760. The molecule has 1 unspecified atom stereocenters. The molecule has 10 nitrogen and oxygen atoms in total. The number of para-hydroxylation sites is 1. The van der Waals surface area contributed by atoms with Gasteiger partial charge in [0, 0.05) is 24.2 Å². The Balaban J connectivity index is 1.40. The number of esters is 1. The van der Waals surface area contributed by atoms with E-state index in [1.807, 2.05) is 12.1 Å². The number of amides is 1. The fourth-order valence-corrected chi connectivity index (χ4v) is 6.23. The summed E-state index contributed by atoms with van der Waals surface area (Å²) in [5, 5.41) is 13.5. The molecule has 41 heavy (non-hydrogen) atoms. The highest BCUT2D eigenvalue weighted by atomic mass is 35.5. The van der Waals surface area contributed by atoms with Crippen LogP contribution >= 0.6 is 11.6 Å². The van der Waals surface area contributed by atoms with Crippen molar-refractivity contribution in [2.45, 2.75) is 17.4 Å². The topological polar surface area (TPSA) is 136 Å². The van der Waals surface area contributed by atoms with Gasteiger partial charge in [0.05, 0.1) is 31.8 Å². The summed E-state index contributed by atoms with van der Waals surface area (Å²) in [6.07, 6.45) is -0.871. The van der Waals surface area contributed by atoms with Gasteiger partial charge in [-0.1, -0.05) is 66.2 Å². The van der Waals surface area contributed by atoms with Crippen molar-refractivity contribution < 1.29 is 27.7 Å². The van der Waals surface area contributed by atoms with Crippen molar-refractivity contribution in [3.05, 3.63) is 129 Å². The molecule has 0 bridgehead atoms. The summed E-state index contributed by atoms with van der Waals surface area (Å²) in [7, 11) is -3.98. The largest absolute Gasteiger partial charge is 0.444 e. The summed E-state index contributed by atoms with van der Waals surface area (Å²) in [5.74, 6) is -1.69. The van der Waals surface area contributed by atoms with Gasteiger partial charge in [-0.15, -0.1) is 0 Å². The number of anilines is 2. The fourth-order valence-electron chi connectivity index (χ4n) is 4.46. The predicted octanol–water partition coefficient (Wildman–Crippen LogP) is 5.54. The van der Waals surface area contributed by atoms with Crippen LogP contribution in [0.25, 0.3) is 0 Å². The van der Waals surface area contributed by atoms with Crippen LogP contribution in [0.1, 0.15) is 27.6 Å². The zero-order chi connectivity index (χ0) is 29.1. The lowest BCUT2D eigenvalue weighted by molar-refractivity contribution is -0.384. The number of fused-ring (bicyclic) bond motifs is 1. The van der Waals surface area contributed by atoms with Crippen LogP contribution in [0.3, 0.4) is 0 Å². The molecule has 0 radical (unpaired) electrons. The van der Waals surface area contributed by atoms with Crippen LogP contribution in [-0.4, -0.2) is 31.8 Å². The van der Waals surface area contributed by atoms with E-state index in [9.17, 15) is 28.1 Å². The first-order valence-corrected chi connectivity index (χ1v) is 14.2. The van der Waals surface area contributed by atoms with Gasteiger partial charge in [0.1, 0.15) is 0 Å². The van der Waals surface area contributed by atoms with E-state index >= 15 is 0 Å². The number of benzene rings is 4. The summed E-state index contributed by atoms with van der Waals surface area (Å²) in [6.45, 7) is 0.276. The number of nitrogens with zero attached hydrogens (tertiary/aromatic N) is 2. The molecule has 1 N–H and O–H groups in total. The Morgan fingerprint density at radius 2 is 1.68 bits per heavy atom. The molecule has 1 aliphatic rings. The Kier molecular flexibility index (Phi) is 7.73.